The van der Waals surface area contributed by atoms with E-state index in [1.54, 1.807) is 13.8 Å². The summed E-state index contributed by atoms with van der Waals surface area (Å²) >= 11 is 0.775. The average molecular weight is 172 g/mol. The van der Waals surface area contributed by atoms with Gasteiger partial charge in [0.15, 0.2) is 0 Å². The molecule has 0 spiro atoms. The van der Waals surface area contributed by atoms with Gasteiger partial charge in [0.25, 0.3) is 0 Å². The Kier molecular flexibility index (Phi) is 3.77. The van der Waals surface area contributed by atoms with Crippen LogP contribution in [0.5, 0.6) is 0 Å². The van der Waals surface area contributed by atoms with E-state index >= 15 is 0 Å². The second kappa shape index (κ2) is 3.58. The van der Waals surface area contributed by atoms with E-state index < -0.39 is 7.82 Å². The molecule has 0 unspecified atom stereocenters. The van der Waals surface area contributed by atoms with Gasteiger partial charge in [-0.1, -0.05) is 13.8 Å². The van der Waals surface area contributed by atoms with Crippen molar-refractivity contribution in [2.45, 2.75) is 19.1 Å². The lowest BCUT2D eigenvalue weighted by atomic mass is 10.6. The van der Waals surface area contributed by atoms with Crippen LogP contribution in [-0.4, -0.2) is 15.0 Å². The van der Waals surface area contributed by atoms with Gasteiger partial charge in [-0.3, -0.25) is 0 Å². The molecule has 0 radical (unpaired) electrons. The van der Waals surface area contributed by atoms with E-state index in [-0.39, 0.29) is 5.25 Å². The van der Waals surface area contributed by atoms with E-state index in [1.807, 2.05) is 0 Å². The first-order valence-corrected chi connectivity index (χ1v) is 4.66. The van der Waals surface area contributed by atoms with E-state index in [1.165, 1.54) is 0 Å². The minimum absolute atomic E-state index is 0.0672. The second-order valence-corrected chi connectivity index (χ2v) is 4.42. The zero-order chi connectivity index (χ0) is 7.49. The van der Waals surface area contributed by atoms with Crippen LogP contribution in [0.3, 0.4) is 0 Å². The van der Waals surface area contributed by atoms with Crippen molar-refractivity contribution in [3.63, 3.8) is 0 Å². The standard InChI is InChI=1S/C3H9O4PS/c1-3(2)9-7-8(4,5)6/h3H,1-2H3,(H2,4,5,6). The molecule has 0 rings (SSSR count). The van der Waals surface area contributed by atoms with E-state index in [4.69, 9.17) is 9.79 Å². The zero-order valence-corrected chi connectivity index (χ0v) is 6.85. The largest absolute Gasteiger partial charge is 0.480 e. The van der Waals surface area contributed by atoms with Crippen molar-refractivity contribution in [2.75, 3.05) is 0 Å². The number of rotatable bonds is 3. The van der Waals surface area contributed by atoms with Crippen LogP contribution in [0.1, 0.15) is 13.8 Å². The maximum absolute atomic E-state index is 9.99. The Morgan fingerprint density at radius 2 is 2.00 bits per heavy atom. The van der Waals surface area contributed by atoms with Gasteiger partial charge in [0.1, 0.15) is 0 Å². The third-order valence-corrected chi connectivity index (χ3v) is 1.84. The van der Waals surface area contributed by atoms with Crippen molar-refractivity contribution < 1.29 is 18.3 Å². The normalized spacial score (nSPS) is 12.6. The monoisotopic (exact) mass is 172 g/mol. The molecule has 0 saturated heterocycles. The Hall–Kier alpha value is 0.460. The van der Waals surface area contributed by atoms with Crippen molar-refractivity contribution in [3.8, 4) is 0 Å². The summed E-state index contributed by atoms with van der Waals surface area (Å²) in [5.41, 5.74) is 0. The van der Waals surface area contributed by atoms with Crippen LogP contribution in [0.25, 0.3) is 0 Å². The second-order valence-electron chi connectivity index (χ2n) is 1.71. The summed E-state index contributed by atoms with van der Waals surface area (Å²) in [6, 6.07) is 0. The lowest BCUT2D eigenvalue weighted by molar-refractivity contribution is 0.298. The van der Waals surface area contributed by atoms with Gasteiger partial charge in [0.05, 0.1) is 0 Å². The van der Waals surface area contributed by atoms with Crippen molar-refractivity contribution in [3.05, 3.63) is 0 Å². The molecule has 0 bridgehead atoms. The molecule has 0 aliphatic heterocycles. The summed E-state index contributed by atoms with van der Waals surface area (Å²) in [5.74, 6) is 0. The van der Waals surface area contributed by atoms with Gasteiger partial charge in [0.2, 0.25) is 0 Å². The fourth-order valence-electron chi connectivity index (χ4n) is 0.142. The molecule has 0 aliphatic rings. The van der Waals surface area contributed by atoms with Crippen molar-refractivity contribution in [1.29, 1.82) is 0 Å². The highest BCUT2D eigenvalue weighted by Gasteiger charge is 2.14. The van der Waals surface area contributed by atoms with Gasteiger partial charge in [0, 0.05) is 17.3 Å². The molecular weight excluding hydrogens is 163 g/mol. The van der Waals surface area contributed by atoms with Crippen molar-refractivity contribution >= 4 is 19.9 Å². The molecule has 0 aromatic heterocycles. The first kappa shape index (κ1) is 9.46. The highest BCUT2D eigenvalue weighted by atomic mass is 32.2. The van der Waals surface area contributed by atoms with E-state index in [2.05, 4.69) is 3.97 Å². The molecule has 0 atom stereocenters. The number of hydrogen-bond donors (Lipinski definition) is 2. The third-order valence-electron chi connectivity index (χ3n) is 0.333. The average Bonchev–Trinajstić information content (AvgIpc) is 1.59. The lowest BCUT2D eigenvalue weighted by Crippen LogP contribution is -1.87. The molecule has 9 heavy (non-hydrogen) atoms. The lowest BCUT2D eigenvalue weighted by Gasteiger charge is -2.04. The molecule has 56 valence electrons. The maximum Gasteiger partial charge on any atom is 0.480 e. The molecule has 0 fully saturated rings. The fraction of sp³-hybridized carbons (Fsp3) is 1.00. The van der Waals surface area contributed by atoms with Gasteiger partial charge in [-0.15, -0.1) is 0 Å². The summed E-state index contributed by atoms with van der Waals surface area (Å²) in [6.45, 7) is 3.56. The van der Waals surface area contributed by atoms with Gasteiger partial charge < -0.3 is 9.79 Å². The van der Waals surface area contributed by atoms with E-state index in [0.717, 1.165) is 12.0 Å². The smallest absolute Gasteiger partial charge is 0.302 e. The van der Waals surface area contributed by atoms with Crippen LogP contribution in [0.2, 0.25) is 0 Å². The SMILES string of the molecule is CC(C)SOP(=O)(O)O. The topological polar surface area (TPSA) is 66.8 Å². The summed E-state index contributed by atoms with van der Waals surface area (Å²) < 4.78 is 14.1. The number of phosphoric acid groups is 1. The predicted molar refractivity (Wildman–Crippen MR) is 35.9 cm³/mol. The summed E-state index contributed by atoms with van der Waals surface area (Å²) in [6.07, 6.45) is 0. The van der Waals surface area contributed by atoms with Crippen LogP contribution in [0, 0.1) is 0 Å². The molecule has 0 heterocycles. The first-order valence-electron chi connectivity index (χ1n) is 2.32. The highest BCUT2D eigenvalue weighted by molar-refractivity contribution is 7.98. The molecule has 4 nitrogen and oxygen atoms in total. The third kappa shape index (κ3) is 8.46. The maximum atomic E-state index is 9.99. The molecule has 0 aromatic rings. The van der Waals surface area contributed by atoms with Gasteiger partial charge >= 0.3 is 7.82 Å². The van der Waals surface area contributed by atoms with E-state index in [9.17, 15) is 4.57 Å². The Morgan fingerprint density at radius 1 is 1.56 bits per heavy atom. The molecule has 0 aliphatic carbocycles. The van der Waals surface area contributed by atoms with Gasteiger partial charge in [-0.25, -0.2) is 8.54 Å². The van der Waals surface area contributed by atoms with Gasteiger partial charge in [-0.2, -0.15) is 0 Å². The van der Waals surface area contributed by atoms with Crippen molar-refractivity contribution in [2.24, 2.45) is 0 Å². The number of hydrogen-bond acceptors (Lipinski definition) is 3. The quantitative estimate of drug-likeness (QED) is 0.493. The first-order chi connectivity index (χ1) is 3.92. The Morgan fingerprint density at radius 3 is 2.11 bits per heavy atom. The Labute approximate surface area is 58.1 Å². The summed E-state index contributed by atoms with van der Waals surface area (Å²) in [4.78, 5) is 16.3. The predicted octanol–water partition coefficient (Wildman–Crippen LogP) is 1.15. The molecule has 6 heteroatoms. The molecule has 0 saturated carbocycles. The molecule has 0 amide bonds. The van der Waals surface area contributed by atoms with Crippen LogP contribution < -0.4 is 0 Å². The highest BCUT2D eigenvalue weighted by Crippen LogP contribution is 2.41. The molecule has 2 N–H and O–H groups in total. The zero-order valence-electron chi connectivity index (χ0n) is 5.14. The van der Waals surface area contributed by atoms with Crippen molar-refractivity contribution in [1.82, 2.24) is 0 Å². The Balaban J connectivity index is 3.40. The minimum atomic E-state index is -4.26. The van der Waals surface area contributed by atoms with Crippen LogP contribution in [0.4, 0.5) is 0 Å². The fourth-order valence-corrected chi connectivity index (χ4v) is 1.28. The summed E-state index contributed by atoms with van der Waals surface area (Å²) in [5, 5.41) is 0.0672. The Bertz CT molecular complexity index is 119. The van der Waals surface area contributed by atoms with Crippen LogP contribution in [-0.2, 0) is 8.54 Å². The minimum Gasteiger partial charge on any atom is -0.302 e. The van der Waals surface area contributed by atoms with Gasteiger partial charge in [-0.05, 0) is 0 Å². The summed E-state index contributed by atoms with van der Waals surface area (Å²) in [7, 11) is -4.26. The van der Waals surface area contributed by atoms with E-state index in [0.29, 0.717) is 0 Å². The van der Waals surface area contributed by atoms with Crippen LogP contribution in [0.15, 0.2) is 0 Å². The molecular formula is C3H9O4PS. The molecule has 0 aromatic carbocycles. The van der Waals surface area contributed by atoms with Crippen LogP contribution >= 0.6 is 19.9 Å².